The summed E-state index contributed by atoms with van der Waals surface area (Å²) < 4.78 is 9.08. The van der Waals surface area contributed by atoms with Gasteiger partial charge in [0.1, 0.15) is 23.2 Å². The lowest BCUT2D eigenvalue weighted by Crippen LogP contribution is -2.33. The van der Waals surface area contributed by atoms with Crippen molar-refractivity contribution in [3.05, 3.63) is 180 Å². The molecule has 12 rings (SSSR count). The van der Waals surface area contributed by atoms with Crippen molar-refractivity contribution in [2.24, 2.45) is 9.98 Å². The van der Waals surface area contributed by atoms with Crippen molar-refractivity contribution in [1.29, 1.82) is 0 Å². The predicted molar refractivity (Wildman–Crippen MR) is 226 cm³/mol. The summed E-state index contributed by atoms with van der Waals surface area (Å²) in [7, 11) is 0. The van der Waals surface area contributed by atoms with Gasteiger partial charge in [-0.3, -0.25) is 0 Å². The molecule has 0 bridgehead atoms. The van der Waals surface area contributed by atoms with E-state index < -0.39 is 0 Å². The van der Waals surface area contributed by atoms with E-state index in [2.05, 4.69) is 133 Å². The zero-order chi connectivity index (χ0) is 35.3. The lowest BCUT2D eigenvalue weighted by atomic mass is 9.96. The van der Waals surface area contributed by atoms with E-state index in [0.717, 1.165) is 50.0 Å². The van der Waals surface area contributed by atoms with Crippen LogP contribution in [0.5, 0.6) is 0 Å². The molecule has 1 atom stereocenters. The molecule has 1 N–H and O–H groups in total. The molecule has 5 heteroatoms. The Bertz CT molecular complexity index is 3260. The number of furan rings is 1. The fourth-order valence-corrected chi connectivity index (χ4v) is 9.76. The van der Waals surface area contributed by atoms with Gasteiger partial charge in [0.2, 0.25) is 0 Å². The van der Waals surface area contributed by atoms with E-state index in [4.69, 9.17) is 14.4 Å². The third-order valence-electron chi connectivity index (χ3n) is 11.1. The van der Waals surface area contributed by atoms with Crippen LogP contribution in [0.1, 0.15) is 22.9 Å². The molecule has 1 unspecified atom stereocenters. The Hall–Kier alpha value is -6.82. The van der Waals surface area contributed by atoms with Crippen LogP contribution in [-0.4, -0.2) is 11.7 Å². The molecular formula is C49H29N3OS. The maximum atomic E-state index is 6.45. The highest BCUT2D eigenvalue weighted by atomic mass is 32.1. The minimum atomic E-state index is -0.359. The van der Waals surface area contributed by atoms with E-state index in [1.807, 2.05) is 47.7 Å². The highest BCUT2D eigenvalue weighted by molar-refractivity contribution is 7.26. The van der Waals surface area contributed by atoms with Gasteiger partial charge in [-0.1, -0.05) is 127 Å². The molecule has 10 aromatic rings. The summed E-state index contributed by atoms with van der Waals surface area (Å²) in [5.74, 6) is 1.42. The van der Waals surface area contributed by atoms with Gasteiger partial charge in [-0.2, -0.15) is 0 Å². The summed E-state index contributed by atoms with van der Waals surface area (Å²) in [6.07, 6.45) is -0.359. The standard InChI is InChI=1S/C49H29N3OS/c1-2-11-28(12-3-1)47-50-48(52-49(51-47)38-21-10-19-36-34-17-6-7-22-41(34)53-46(36)38)31-14-8-13-29(25-31)30-23-24-42-40(26-30)45-37-20-9-18-35-32-15-4-5-16-33(32)39(44(35)37)27-43(45)54-42/h1-27,48H,(H,50,51,52). The van der Waals surface area contributed by atoms with Gasteiger partial charge in [0.05, 0.1) is 5.56 Å². The Morgan fingerprint density at radius 1 is 0.481 bits per heavy atom. The first kappa shape index (κ1) is 29.7. The number of amidine groups is 2. The predicted octanol–water partition coefficient (Wildman–Crippen LogP) is 12.9. The lowest BCUT2D eigenvalue weighted by molar-refractivity contribution is 0.659. The quantitative estimate of drug-likeness (QED) is 0.198. The fraction of sp³-hybridized carbons (Fsp3) is 0.0204. The molecule has 0 saturated heterocycles. The van der Waals surface area contributed by atoms with Crippen LogP contribution in [0.4, 0.5) is 0 Å². The number of fused-ring (bicyclic) bond motifs is 10. The van der Waals surface area contributed by atoms with E-state index in [9.17, 15) is 0 Å². The highest BCUT2D eigenvalue weighted by Gasteiger charge is 2.26. The summed E-state index contributed by atoms with van der Waals surface area (Å²) in [6.45, 7) is 0. The Labute approximate surface area is 314 Å². The van der Waals surface area contributed by atoms with Crippen LogP contribution in [0.2, 0.25) is 0 Å². The van der Waals surface area contributed by atoms with E-state index in [-0.39, 0.29) is 6.17 Å². The van der Waals surface area contributed by atoms with Gasteiger partial charge < -0.3 is 9.73 Å². The van der Waals surface area contributed by atoms with E-state index in [1.54, 1.807) is 0 Å². The molecule has 3 heterocycles. The van der Waals surface area contributed by atoms with Crippen LogP contribution in [0.15, 0.2) is 178 Å². The average molecular weight is 708 g/mol. The van der Waals surface area contributed by atoms with Gasteiger partial charge in [-0.15, -0.1) is 11.3 Å². The number of hydrogen-bond donors (Lipinski definition) is 1. The van der Waals surface area contributed by atoms with Crippen molar-refractivity contribution in [3.63, 3.8) is 0 Å². The molecule has 2 aliphatic rings. The zero-order valence-electron chi connectivity index (χ0n) is 28.9. The molecule has 8 aromatic carbocycles. The van der Waals surface area contributed by atoms with E-state index in [1.165, 1.54) is 58.8 Å². The second-order valence-corrected chi connectivity index (χ2v) is 15.2. The molecule has 0 saturated carbocycles. The summed E-state index contributed by atoms with van der Waals surface area (Å²) >= 11 is 1.88. The molecule has 4 nitrogen and oxygen atoms in total. The number of benzene rings is 8. The first-order valence-electron chi connectivity index (χ1n) is 18.3. The van der Waals surface area contributed by atoms with Gasteiger partial charge >= 0.3 is 0 Å². The van der Waals surface area contributed by atoms with Crippen molar-refractivity contribution in [2.75, 3.05) is 0 Å². The molecule has 0 spiro atoms. The van der Waals surface area contributed by atoms with Crippen molar-refractivity contribution in [2.45, 2.75) is 6.17 Å². The van der Waals surface area contributed by atoms with Gasteiger partial charge in [0.15, 0.2) is 5.84 Å². The van der Waals surface area contributed by atoms with Crippen LogP contribution in [0, 0.1) is 0 Å². The number of hydrogen-bond acceptors (Lipinski definition) is 5. The minimum Gasteiger partial charge on any atom is -0.455 e. The Morgan fingerprint density at radius 2 is 1.19 bits per heavy atom. The van der Waals surface area contributed by atoms with Crippen molar-refractivity contribution in [1.82, 2.24) is 5.32 Å². The number of rotatable bonds is 4. The van der Waals surface area contributed by atoms with Crippen LogP contribution in [-0.2, 0) is 0 Å². The second-order valence-electron chi connectivity index (χ2n) is 14.1. The number of nitrogens with one attached hydrogen (secondary N) is 1. The largest absolute Gasteiger partial charge is 0.455 e. The molecule has 0 radical (unpaired) electrons. The van der Waals surface area contributed by atoms with Crippen LogP contribution < -0.4 is 5.32 Å². The maximum Gasteiger partial charge on any atom is 0.159 e. The molecule has 54 heavy (non-hydrogen) atoms. The fourth-order valence-electron chi connectivity index (χ4n) is 8.61. The van der Waals surface area contributed by atoms with Crippen LogP contribution >= 0.6 is 11.3 Å². The Balaban J connectivity index is 0.978. The Morgan fingerprint density at radius 3 is 2.09 bits per heavy atom. The molecular weight excluding hydrogens is 679 g/mol. The number of para-hydroxylation sites is 2. The third-order valence-corrected chi connectivity index (χ3v) is 12.2. The highest BCUT2D eigenvalue weighted by Crippen LogP contribution is 2.52. The van der Waals surface area contributed by atoms with Crippen LogP contribution in [0.25, 0.3) is 86.3 Å². The summed E-state index contributed by atoms with van der Waals surface area (Å²) in [6, 6.07) is 58.4. The van der Waals surface area contributed by atoms with Crippen molar-refractivity contribution in [3.8, 4) is 33.4 Å². The molecule has 0 fully saturated rings. The topological polar surface area (TPSA) is 49.9 Å². The molecule has 2 aromatic heterocycles. The summed E-state index contributed by atoms with van der Waals surface area (Å²) in [5, 5.41) is 11.2. The number of aliphatic imine (C=N–C) groups is 2. The SMILES string of the molecule is c1ccc(C2=NC(c3cccc(-c4ccc5sc6cc7c8c(cccc8c6c5c4)-c4ccccc4-7)c3)NC(c3cccc4c3oc3ccccc34)=N2)cc1. The summed E-state index contributed by atoms with van der Waals surface area (Å²) in [5.41, 5.74) is 12.3. The lowest BCUT2D eigenvalue weighted by Gasteiger charge is -2.24. The van der Waals surface area contributed by atoms with Gasteiger partial charge in [-0.25, -0.2) is 9.98 Å². The van der Waals surface area contributed by atoms with E-state index in [0.29, 0.717) is 5.84 Å². The Kier molecular flexibility index (Phi) is 6.24. The molecule has 1 aliphatic heterocycles. The van der Waals surface area contributed by atoms with Crippen molar-refractivity contribution < 1.29 is 4.42 Å². The first-order valence-corrected chi connectivity index (χ1v) is 19.1. The molecule has 1 aliphatic carbocycles. The van der Waals surface area contributed by atoms with E-state index >= 15 is 0 Å². The number of thiophene rings is 1. The zero-order valence-corrected chi connectivity index (χ0v) is 29.7. The normalized spacial score (nSPS) is 14.9. The maximum absolute atomic E-state index is 6.45. The molecule has 0 amide bonds. The van der Waals surface area contributed by atoms with Gasteiger partial charge in [0.25, 0.3) is 0 Å². The third kappa shape index (κ3) is 4.36. The molecule has 252 valence electrons. The van der Waals surface area contributed by atoms with Crippen molar-refractivity contribution >= 4 is 75.9 Å². The van der Waals surface area contributed by atoms with Gasteiger partial charge in [0, 0.05) is 36.5 Å². The smallest absolute Gasteiger partial charge is 0.159 e. The minimum absolute atomic E-state index is 0.359. The monoisotopic (exact) mass is 707 g/mol. The number of nitrogens with zero attached hydrogens (tertiary/aromatic N) is 2. The van der Waals surface area contributed by atoms with Crippen LogP contribution in [0.3, 0.4) is 0 Å². The summed E-state index contributed by atoms with van der Waals surface area (Å²) in [4.78, 5) is 10.3. The average Bonchev–Trinajstić information content (AvgIpc) is 3.91. The first-order chi connectivity index (χ1) is 26.7. The second kappa shape index (κ2) is 11.3. The van der Waals surface area contributed by atoms with Gasteiger partial charge in [-0.05, 0) is 86.1 Å².